The lowest BCUT2D eigenvalue weighted by Gasteiger charge is -2.05. The van der Waals surface area contributed by atoms with Gasteiger partial charge in [0.25, 0.3) is 0 Å². The molecule has 4 heteroatoms. The van der Waals surface area contributed by atoms with Gasteiger partial charge in [0.1, 0.15) is 5.82 Å². The second kappa shape index (κ2) is 4.72. The van der Waals surface area contributed by atoms with Crippen LogP contribution in [0.2, 0.25) is 0 Å². The predicted molar refractivity (Wildman–Crippen MR) is 51.8 cm³/mol. The molecule has 0 saturated carbocycles. The molecule has 0 bridgehead atoms. The Morgan fingerprint density at radius 1 is 1.57 bits per heavy atom. The number of amides is 1. The molecular weight excluding hydrogens is 183 g/mol. The van der Waals surface area contributed by atoms with Gasteiger partial charge in [-0.1, -0.05) is 12.1 Å². The Bertz CT molecular complexity index is 339. The minimum Gasteiger partial charge on any atom is -0.352 e. The lowest BCUT2D eigenvalue weighted by Crippen LogP contribution is -2.19. The summed E-state index contributed by atoms with van der Waals surface area (Å²) in [6.45, 7) is 1.93. The monoisotopic (exact) mass is 196 g/mol. The molecule has 14 heavy (non-hydrogen) atoms. The van der Waals surface area contributed by atoms with E-state index in [0.717, 1.165) is 5.56 Å². The van der Waals surface area contributed by atoms with Crippen LogP contribution in [0.15, 0.2) is 18.2 Å². The number of nitrogens with one attached hydrogen (secondary N) is 1. The SMILES string of the molecule is CC(=O)NCc1ccc(CN)cc1F. The molecule has 0 aliphatic rings. The molecule has 0 heterocycles. The molecular formula is C10H13FN2O. The molecule has 0 spiro atoms. The van der Waals surface area contributed by atoms with Crippen LogP contribution in [0.4, 0.5) is 4.39 Å². The molecule has 1 aromatic rings. The van der Waals surface area contributed by atoms with Gasteiger partial charge in [-0.3, -0.25) is 4.79 Å². The first-order valence-electron chi connectivity index (χ1n) is 4.35. The molecule has 0 radical (unpaired) electrons. The summed E-state index contributed by atoms with van der Waals surface area (Å²) in [5.74, 6) is -0.506. The van der Waals surface area contributed by atoms with Crippen LogP contribution in [-0.2, 0) is 17.9 Å². The minimum atomic E-state index is -0.332. The molecule has 76 valence electrons. The average molecular weight is 196 g/mol. The van der Waals surface area contributed by atoms with Crippen molar-refractivity contribution in [1.82, 2.24) is 5.32 Å². The Kier molecular flexibility index (Phi) is 3.59. The largest absolute Gasteiger partial charge is 0.352 e. The number of rotatable bonds is 3. The maximum atomic E-state index is 13.3. The van der Waals surface area contributed by atoms with Crippen molar-refractivity contribution in [2.75, 3.05) is 0 Å². The quantitative estimate of drug-likeness (QED) is 0.755. The fourth-order valence-electron chi connectivity index (χ4n) is 1.08. The Morgan fingerprint density at radius 3 is 2.79 bits per heavy atom. The molecule has 0 aliphatic carbocycles. The van der Waals surface area contributed by atoms with Gasteiger partial charge in [-0.2, -0.15) is 0 Å². The van der Waals surface area contributed by atoms with Gasteiger partial charge >= 0.3 is 0 Å². The van der Waals surface area contributed by atoms with Gasteiger partial charge in [-0.05, 0) is 11.6 Å². The van der Waals surface area contributed by atoms with Crippen LogP contribution in [0.25, 0.3) is 0 Å². The summed E-state index contributed by atoms with van der Waals surface area (Å²) >= 11 is 0. The van der Waals surface area contributed by atoms with Crippen LogP contribution < -0.4 is 11.1 Å². The van der Waals surface area contributed by atoms with Crippen LogP contribution in [0.3, 0.4) is 0 Å². The van der Waals surface area contributed by atoms with E-state index in [9.17, 15) is 9.18 Å². The van der Waals surface area contributed by atoms with Crippen molar-refractivity contribution in [3.8, 4) is 0 Å². The van der Waals surface area contributed by atoms with E-state index in [4.69, 9.17) is 5.73 Å². The van der Waals surface area contributed by atoms with Crippen LogP contribution in [0.5, 0.6) is 0 Å². The molecule has 3 N–H and O–H groups in total. The average Bonchev–Trinajstić information content (AvgIpc) is 2.15. The van der Waals surface area contributed by atoms with Crippen LogP contribution in [0, 0.1) is 5.82 Å². The number of halogens is 1. The zero-order valence-electron chi connectivity index (χ0n) is 8.01. The number of hydrogen-bond donors (Lipinski definition) is 2. The topological polar surface area (TPSA) is 55.1 Å². The summed E-state index contributed by atoms with van der Waals surface area (Å²) in [7, 11) is 0. The summed E-state index contributed by atoms with van der Waals surface area (Å²) in [6.07, 6.45) is 0. The minimum absolute atomic E-state index is 0.174. The number of hydrogen-bond acceptors (Lipinski definition) is 2. The van der Waals surface area contributed by atoms with E-state index < -0.39 is 0 Å². The van der Waals surface area contributed by atoms with Crippen molar-refractivity contribution in [2.45, 2.75) is 20.0 Å². The summed E-state index contributed by atoms with van der Waals surface area (Å²) in [4.78, 5) is 10.6. The maximum absolute atomic E-state index is 13.3. The van der Waals surface area contributed by atoms with Gasteiger partial charge in [-0.15, -0.1) is 0 Å². The molecule has 1 aromatic carbocycles. The first kappa shape index (κ1) is 10.7. The first-order chi connectivity index (χ1) is 6.63. The van der Waals surface area contributed by atoms with E-state index in [1.807, 2.05) is 0 Å². The molecule has 0 fully saturated rings. The van der Waals surface area contributed by atoms with Crippen LogP contribution >= 0.6 is 0 Å². The van der Waals surface area contributed by atoms with Crippen molar-refractivity contribution in [3.05, 3.63) is 35.1 Å². The van der Waals surface area contributed by atoms with Gasteiger partial charge in [0.2, 0.25) is 5.91 Å². The third-order valence-corrected chi connectivity index (χ3v) is 1.88. The van der Waals surface area contributed by atoms with Gasteiger partial charge in [-0.25, -0.2) is 4.39 Å². The highest BCUT2D eigenvalue weighted by Crippen LogP contribution is 2.09. The molecule has 0 saturated heterocycles. The summed E-state index contributed by atoms with van der Waals surface area (Å²) in [5.41, 5.74) is 6.57. The number of nitrogens with two attached hydrogens (primary N) is 1. The highest BCUT2D eigenvalue weighted by molar-refractivity contribution is 5.72. The lowest BCUT2D eigenvalue weighted by molar-refractivity contribution is -0.119. The van der Waals surface area contributed by atoms with Crippen molar-refractivity contribution in [3.63, 3.8) is 0 Å². The van der Waals surface area contributed by atoms with Crippen molar-refractivity contribution in [1.29, 1.82) is 0 Å². The molecule has 0 unspecified atom stereocenters. The van der Waals surface area contributed by atoms with E-state index in [0.29, 0.717) is 12.1 Å². The van der Waals surface area contributed by atoms with Crippen molar-refractivity contribution >= 4 is 5.91 Å². The van der Waals surface area contributed by atoms with E-state index in [-0.39, 0.29) is 18.3 Å². The van der Waals surface area contributed by atoms with Gasteiger partial charge in [0.15, 0.2) is 0 Å². The number of carbonyl (C=O) groups is 1. The fraction of sp³-hybridized carbons (Fsp3) is 0.300. The fourth-order valence-corrected chi connectivity index (χ4v) is 1.08. The van der Waals surface area contributed by atoms with E-state index >= 15 is 0 Å². The Balaban J connectivity index is 2.73. The molecule has 1 rings (SSSR count). The summed E-state index contributed by atoms with van der Waals surface area (Å²) in [6, 6.07) is 4.77. The highest BCUT2D eigenvalue weighted by atomic mass is 19.1. The zero-order chi connectivity index (χ0) is 10.6. The molecule has 1 amide bonds. The second-order valence-corrected chi connectivity index (χ2v) is 3.04. The number of benzene rings is 1. The first-order valence-corrected chi connectivity index (χ1v) is 4.35. The van der Waals surface area contributed by atoms with Crippen molar-refractivity contribution in [2.24, 2.45) is 5.73 Å². The smallest absolute Gasteiger partial charge is 0.217 e. The third-order valence-electron chi connectivity index (χ3n) is 1.88. The Morgan fingerprint density at radius 2 is 2.29 bits per heavy atom. The highest BCUT2D eigenvalue weighted by Gasteiger charge is 2.03. The number of carbonyl (C=O) groups excluding carboxylic acids is 1. The normalized spacial score (nSPS) is 9.93. The maximum Gasteiger partial charge on any atom is 0.217 e. The van der Waals surface area contributed by atoms with E-state index in [1.54, 1.807) is 12.1 Å². The Hall–Kier alpha value is -1.42. The Labute approximate surface area is 82.1 Å². The van der Waals surface area contributed by atoms with Crippen LogP contribution in [-0.4, -0.2) is 5.91 Å². The molecule has 0 aliphatic heterocycles. The molecule has 0 aromatic heterocycles. The van der Waals surface area contributed by atoms with Gasteiger partial charge in [0.05, 0.1) is 0 Å². The molecule has 3 nitrogen and oxygen atoms in total. The van der Waals surface area contributed by atoms with Gasteiger partial charge < -0.3 is 11.1 Å². The third kappa shape index (κ3) is 2.81. The standard InChI is InChI=1S/C10H13FN2O/c1-7(14)13-6-9-3-2-8(5-12)4-10(9)11/h2-4H,5-6,12H2,1H3,(H,13,14). The summed E-state index contributed by atoms with van der Waals surface area (Å²) in [5, 5.41) is 2.53. The van der Waals surface area contributed by atoms with Gasteiger partial charge in [0, 0.05) is 25.6 Å². The van der Waals surface area contributed by atoms with E-state index in [1.165, 1.54) is 13.0 Å². The molecule has 0 atom stereocenters. The second-order valence-electron chi connectivity index (χ2n) is 3.04. The van der Waals surface area contributed by atoms with E-state index in [2.05, 4.69) is 5.32 Å². The van der Waals surface area contributed by atoms with Crippen molar-refractivity contribution < 1.29 is 9.18 Å². The summed E-state index contributed by atoms with van der Waals surface area (Å²) < 4.78 is 13.3. The predicted octanol–water partition coefficient (Wildman–Crippen LogP) is 0.921. The zero-order valence-corrected chi connectivity index (χ0v) is 8.01. The lowest BCUT2D eigenvalue weighted by atomic mass is 10.1. The van der Waals surface area contributed by atoms with Crippen LogP contribution in [0.1, 0.15) is 18.1 Å².